The van der Waals surface area contributed by atoms with Crippen LogP contribution in [-0.4, -0.2) is 24.9 Å². The zero-order valence-corrected chi connectivity index (χ0v) is 6.68. The van der Waals surface area contributed by atoms with E-state index in [1.165, 1.54) is 6.42 Å². The Bertz CT molecular complexity index is 149. The molecule has 0 bridgehead atoms. The maximum Gasteiger partial charge on any atom is 0.104 e. The Morgan fingerprint density at radius 1 is 1.45 bits per heavy atom. The molecule has 1 unspecified atom stereocenters. The molecule has 0 amide bonds. The van der Waals surface area contributed by atoms with Crippen LogP contribution in [0.2, 0.25) is 0 Å². The summed E-state index contributed by atoms with van der Waals surface area (Å²) in [7, 11) is 0. The molecule has 1 atom stereocenters. The fourth-order valence-electron chi connectivity index (χ4n) is 1.24. The van der Waals surface area contributed by atoms with Crippen LogP contribution >= 0.6 is 0 Å². The summed E-state index contributed by atoms with van der Waals surface area (Å²) < 4.78 is 5.28. The number of aliphatic hydroxyl groups is 1. The van der Waals surface area contributed by atoms with Gasteiger partial charge in [-0.3, -0.25) is 0 Å². The third-order valence-electron chi connectivity index (χ3n) is 1.85. The molecule has 1 fully saturated rings. The van der Waals surface area contributed by atoms with Crippen molar-refractivity contribution in [3.63, 3.8) is 0 Å². The highest BCUT2D eigenvalue weighted by Crippen LogP contribution is 2.15. The van der Waals surface area contributed by atoms with Crippen LogP contribution in [0.5, 0.6) is 0 Å². The minimum atomic E-state index is -0.0203. The quantitative estimate of drug-likeness (QED) is 0.566. The van der Waals surface area contributed by atoms with Crippen molar-refractivity contribution in [2.45, 2.75) is 19.3 Å². The first-order valence-electron chi connectivity index (χ1n) is 4.08. The monoisotopic (exact) mass is 154 g/mol. The first-order valence-corrected chi connectivity index (χ1v) is 4.08. The van der Waals surface area contributed by atoms with Gasteiger partial charge in [0.25, 0.3) is 0 Å². The predicted octanol–water partition coefficient (Wildman–Crippen LogP) is 0.799. The molecule has 1 saturated heterocycles. The lowest BCUT2D eigenvalue weighted by atomic mass is 9.99. The molecule has 0 aromatic heterocycles. The standard InChI is InChI=1S/C9H14O2/c10-6-2-1-4-9-5-3-7-11-8-9/h9-10H,3-8H2. The van der Waals surface area contributed by atoms with E-state index in [9.17, 15) is 0 Å². The van der Waals surface area contributed by atoms with Gasteiger partial charge in [0.05, 0.1) is 6.61 Å². The van der Waals surface area contributed by atoms with Crippen molar-refractivity contribution >= 4 is 0 Å². The van der Waals surface area contributed by atoms with Crippen LogP contribution in [0.3, 0.4) is 0 Å². The van der Waals surface area contributed by atoms with E-state index < -0.39 is 0 Å². The van der Waals surface area contributed by atoms with Crippen molar-refractivity contribution in [1.82, 2.24) is 0 Å². The molecule has 2 nitrogen and oxygen atoms in total. The molecule has 0 aromatic carbocycles. The van der Waals surface area contributed by atoms with Crippen LogP contribution in [0, 0.1) is 17.8 Å². The predicted molar refractivity (Wildman–Crippen MR) is 43.0 cm³/mol. The SMILES string of the molecule is OCC#CCC1CCCOC1. The largest absolute Gasteiger partial charge is 0.384 e. The van der Waals surface area contributed by atoms with Crippen LogP contribution in [0.25, 0.3) is 0 Å². The van der Waals surface area contributed by atoms with E-state index in [1.807, 2.05) is 0 Å². The van der Waals surface area contributed by atoms with Crippen LogP contribution < -0.4 is 0 Å². The molecule has 1 rings (SSSR count). The van der Waals surface area contributed by atoms with Gasteiger partial charge in [-0.05, 0) is 18.8 Å². The molecule has 0 radical (unpaired) electrons. The van der Waals surface area contributed by atoms with E-state index in [4.69, 9.17) is 9.84 Å². The Morgan fingerprint density at radius 2 is 2.36 bits per heavy atom. The number of hydrogen-bond acceptors (Lipinski definition) is 2. The first-order chi connectivity index (χ1) is 5.43. The second-order valence-corrected chi connectivity index (χ2v) is 2.80. The molecule has 11 heavy (non-hydrogen) atoms. The molecular weight excluding hydrogens is 140 g/mol. The normalized spacial score (nSPS) is 23.9. The van der Waals surface area contributed by atoms with E-state index in [-0.39, 0.29) is 6.61 Å². The molecule has 62 valence electrons. The maximum atomic E-state index is 8.39. The van der Waals surface area contributed by atoms with Crippen molar-refractivity contribution in [3.8, 4) is 11.8 Å². The Kier molecular flexibility index (Phi) is 4.03. The number of rotatable bonds is 1. The smallest absolute Gasteiger partial charge is 0.104 e. The summed E-state index contributed by atoms with van der Waals surface area (Å²) >= 11 is 0. The molecular formula is C9H14O2. The third-order valence-corrected chi connectivity index (χ3v) is 1.85. The van der Waals surface area contributed by atoms with Gasteiger partial charge < -0.3 is 9.84 Å². The number of aliphatic hydroxyl groups excluding tert-OH is 1. The van der Waals surface area contributed by atoms with Gasteiger partial charge in [-0.25, -0.2) is 0 Å². The minimum absolute atomic E-state index is 0.0203. The van der Waals surface area contributed by atoms with Gasteiger partial charge in [0.15, 0.2) is 0 Å². The fraction of sp³-hybridized carbons (Fsp3) is 0.778. The summed E-state index contributed by atoms with van der Waals surface area (Å²) in [6.45, 7) is 1.73. The molecule has 1 heterocycles. The molecule has 2 heteroatoms. The van der Waals surface area contributed by atoms with E-state index in [0.717, 1.165) is 26.1 Å². The lowest BCUT2D eigenvalue weighted by Crippen LogP contribution is -2.16. The summed E-state index contributed by atoms with van der Waals surface area (Å²) in [6.07, 6.45) is 3.26. The molecule has 0 aromatic rings. The van der Waals surface area contributed by atoms with E-state index in [0.29, 0.717) is 5.92 Å². The topological polar surface area (TPSA) is 29.5 Å². The van der Waals surface area contributed by atoms with Crippen molar-refractivity contribution in [2.24, 2.45) is 5.92 Å². The Balaban J connectivity index is 2.14. The minimum Gasteiger partial charge on any atom is -0.384 e. The highest BCUT2D eigenvalue weighted by atomic mass is 16.5. The summed E-state index contributed by atoms with van der Waals surface area (Å²) in [5, 5.41) is 8.39. The van der Waals surface area contributed by atoms with Crippen LogP contribution in [0.15, 0.2) is 0 Å². The van der Waals surface area contributed by atoms with Crippen molar-refractivity contribution in [2.75, 3.05) is 19.8 Å². The van der Waals surface area contributed by atoms with Gasteiger partial charge >= 0.3 is 0 Å². The number of hydrogen-bond donors (Lipinski definition) is 1. The Hall–Kier alpha value is -0.520. The molecule has 1 N–H and O–H groups in total. The van der Waals surface area contributed by atoms with E-state index in [1.54, 1.807) is 0 Å². The molecule has 0 saturated carbocycles. The van der Waals surface area contributed by atoms with Gasteiger partial charge in [0.1, 0.15) is 6.61 Å². The highest BCUT2D eigenvalue weighted by Gasteiger charge is 2.11. The van der Waals surface area contributed by atoms with Gasteiger partial charge in [0, 0.05) is 13.0 Å². The van der Waals surface area contributed by atoms with Crippen LogP contribution in [-0.2, 0) is 4.74 Å². The molecule has 0 spiro atoms. The zero-order chi connectivity index (χ0) is 7.94. The summed E-state index contributed by atoms with van der Waals surface area (Å²) in [6, 6.07) is 0. The van der Waals surface area contributed by atoms with Gasteiger partial charge in [0.2, 0.25) is 0 Å². The lowest BCUT2D eigenvalue weighted by Gasteiger charge is -2.19. The highest BCUT2D eigenvalue weighted by molar-refractivity contribution is 4.99. The lowest BCUT2D eigenvalue weighted by molar-refractivity contribution is 0.0567. The van der Waals surface area contributed by atoms with Gasteiger partial charge in [-0.15, -0.1) is 5.92 Å². The van der Waals surface area contributed by atoms with Gasteiger partial charge in [-0.1, -0.05) is 5.92 Å². The van der Waals surface area contributed by atoms with E-state index in [2.05, 4.69) is 11.8 Å². The second-order valence-electron chi connectivity index (χ2n) is 2.80. The van der Waals surface area contributed by atoms with E-state index >= 15 is 0 Å². The molecule has 0 aliphatic carbocycles. The summed E-state index contributed by atoms with van der Waals surface area (Å²) in [5.74, 6) is 6.17. The fourth-order valence-corrected chi connectivity index (χ4v) is 1.24. The van der Waals surface area contributed by atoms with Gasteiger partial charge in [-0.2, -0.15) is 0 Å². The summed E-state index contributed by atoms with van der Waals surface area (Å²) in [5.41, 5.74) is 0. The van der Waals surface area contributed by atoms with Crippen molar-refractivity contribution in [3.05, 3.63) is 0 Å². The Labute approximate surface area is 67.6 Å². The Morgan fingerprint density at radius 3 is 3.00 bits per heavy atom. The zero-order valence-electron chi connectivity index (χ0n) is 6.68. The molecule has 1 aliphatic heterocycles. The second kappa shape index (κ2) is 5.17. The third kappa shape index (κ3) is 3.41. The van der Waals surface area contributed by atoms with Crippen molar-refractivity contribution in [1.29, 1.82) is 0 Å². The summed E-state index contributed by atoms with van der Waals surface area (Å²) in [4.78, 5) is 0. The van der Waals surface area contributed by atoms with Crippen LogP contribution in [0.1, 0.15) is 19.3 Å². The van der Waals surface area contributed by atoms with Crippen molar-refractivity contribution < 1.29 is 9.84 Å². The average Bonchev–Trinajstić information content (AvgIpc) is 2.07. The number of ether oxygens (including phenoxy) is 1. The van der Waals surface area contributed by atoms with Crippen LogP contribution in [0.4, 0.5) is 0 Å². The maximum absolute atomic E-state index is 8.39. The first kappa shape index (κ1) is 8.58. The average molecular weight is 154 g/mol. The molecule has 1 aliphatic rings.